The smallest absolute Gasteiger partial charge is 0.322 e. The van der Waals surface area contributed by atoms with Gasteiger partial charge in [-0.15, -0.1) is 23.5 Å². The standard InChI is InChI=1S/C17H17N3O4S2/c18-13-14(21)20-8-17(16(22)23,9-25-15(13)20)26-11-3-1-10(2-4-11)7-12-19-5-6-24-12/h1-6,13,15H,7-9,18H2,(H,22,23)/t13-,15-,17?/m1/s1. The second kappa shape index (κ2) is 6.64. The highest BCUT2D eigenvalue weighted by atomic mass is 32.2. The number of hydrogen-bond donors (Lipinski definition) is 2. The Kier molecular flexibility index (Phi) is 4.45. The van der Waals surface area contributed by atoms with Crippen LogP contribution in [0.25, 0.3) is 0 Å². The monoisotopic (exact) mass is 391 g/mol. The van der Waals surface area contributed by atoms with Gasteiger partial charge in [-0.2, -0.15) is 0 Å². The Morgan fingerprint density at radius 2 is 2.23 bits per heavy atom. The quantitative estimate of drug-likeness (QED) is 0.737. The van der Waals surface area contributed by atoms with Crippen LogP contribution in [0.15, 0.2) is 46.0 Å². The number of oxazole rings is 1. The van der Waals surface area contributed by atoms with Gasteiger partial charge in [0.15, 0.2) is 5.89 Å². The fraction of sp³-hybridized carbons (Fsp3) is 0.353. The summed E-state index contributed by atoms with van der Waals surface area (Å²) in [6, 6.07) is 7.16. The van der Waals surface area contributed by atoms with Crippen molar-refractivity contribution >= 4 is 35.4 Å². The Bertz CT molecular complexity index is 827. The molecular formula is C17H17N3O4S2. The summed E-state index contributed by atoms with van der Waals surface area (Å²) < 4.78 is 4.17. The first kappa shape index (κ1) is 17.4. The summed E-state index contributed by atoms with van der Waals surface area (Å²) in [5, 5.41) is 9.73. The third-order valence-corrected chi connectivity index (χ3v) is 7.64. The minimum Gasteiger partial charge on any atom is -0.480 e. The minimum absolute atomic E-state index is 0.0984. The fourth-order valence-electron chi connectivity index (χ4n) is 3.10. The summed E-state index contributed by atoms with van der Waals surface area (Å²) in [4.78, 5) is 30.4. The van der Waals surface area contributed by atoms with Crippen molar-refractivity contribution in [2.45, 2.75) is 27.5 Å². The Morgan fingerprint density at radius 3 is 2.88 bits per heavy atom. The van der Waals surface area contributed by atoms with Gasteiger partial charge in [0.05, 0.1) is 6.20 Å². The number of rotatable bonds is 5. The number of nitrogens with two attached hydrogens (primary N) is 1. The van der Waals surface area contributed by atoms with Crippen molar-refractivity contribution in [1.82, 2.24) is 9.88 Å². The van der Waals surface area contributed by atoms with Crippen LogP contribution in [0, 0.1) is 0 Å². The highest BCUT2D eigenvalue weighted by Gasteiger charge is 2.56. The van der Waals surface area contributed by atoms with Crippen LogP contribution in [0.5, 0.6) is 0 Å². The Balaban J connectivity index is 1.49. The molecule has 3 atom stereocenters. The van der Waals surface area contributed by atoms with Crippen molar-refractivity contribution in [2.24, 2.45) is 5.73 Å². The van der Waals surface area contributed by atoms with E-state index in [9.17, 15) is 14.7 Å². The van der Waals surface area contributed by atoms with E-state index in [4.69, 9.17) is 10.2 Å². The van der Waals surface area contributed by atoms with Crippen molar-refractivity contribution < 1.29 is 19.1 Å². The highest BCUT2D eigenvalue weighted by molar-refractivity contribution is 8.05. The van der Waals surface area contributed by atoms with E-state index in [0.717, 1.165) is 10.5 Å². The third-order valence-electron chi connectivity index (χ3n) is 4.56. The topological polar surface area (TPSA) is 110 Å². The highest BCUT2D eigenvalue weighted by Crippen LogP contribution is 2.45. The molecule has 9 heteroatoms. The molecule has 1 amide bonds. The fourth-order valence-corrected chi connectivity index (χ4v) is 5.89. The van der Waals surface area contributed by atoms with E-state index in [1.165, 1.54) is 29.8 Å². The van der Waals surface area contributed by atoms with Gasteiger partial charge in [-0.3, -0.25) is 9.59 Å². The molecular weight excluding hydrogens is 374 g/mol. The number of carbonyl (C=O) groups is 2. The number of fused-ring (bicyclic) bond motifs is 1. The van der Waals surface area contributed by atoms with Gasteiger partial charge in [0, 0.05) is 23.6 Å². The number of amides is 1. The molecule has 2 aromatic rings. The second-order valence-electron chi connectivity index (χ2n) is 6.34. The molecule has 0 bridgehead atoms. The first-order valence-corrected chi connectivity index (χ1v) is 9.92. The Hall–Kier alpha value is -1.97. The van der Waals surface area contributed by atoms with E-state index in [0.29, 0.717) is 18.1 Å². The zero-order valence-electron chi connectivity index (χ0n) is 13.7. The van der Waals surface area contributed by atoms with Crippen LogP contribution in [0.3, 0.4) is 0 Å². The molecule has 7 nitrogen and oxygen atoms in total. The van der Waals surface area contributed by atoms with E-state index in [-0.39, 0.29) is 17.8 Å². The number of aromatic nitrogens is 1. The van der Waals surface area contributed by atoms with Crippen molar-refractivity contribution in [3.8, 4) is 0 Å². The van der Waals surface area contributed by atoms with E-state index in [1.807, 2.05) is 24.3 Å². The van der Waals surface area contributed by atoms with E-state index < -0.39 is 16.8 Å². The van der Waals surface area contributed by atoms with Gasteiger partial charge in [-0.1, -0.05) is 12.1 Å². The first-order valence-electron chi connectivity index (χ1n) is 8.06. The largest absolute Gasteiger partial charge is 0.480 e. The van der Waals surface area contributed by atoms with E-state index >= 15 is 0 Å². The van der Waals surface area contributed by atoms with Crippen molar-refractivity contribution in [3.63, 3.8) is 0 Å². The third kappa shape index (κ3) is 3.00. The molecule has 26 heavy (non-hydrogen) atoms. The number of thioether (sulfide) groups is 2. The van der Waals surface area contributed by atoms with Gasteiger partial charge < -0.3 is 20.2 Å². The maximum Gasteiger partial charge on any atom is 0.322 e. The number of carbonyl (C=O) groups excluding carboxylic acids is 1. The Labute approximate surface area is 158 Å². The normalized spacial score (nSPS) is 27.7. The molecule has 3 N–H and O–H groups in total. The van der Waals surface area contributed by atoms with Crippen LogP contribution in [0.1, 0.15) is 11.5 Å². The van der Waals surface area contributed by atoms with Gasteiger partial charge >= 0.3 is 5.97 Å². The molecule has 0 spiro atoms. The SMILES string of the molecule is N[C@@H]1C(=O)N2CC(Sc3ccc(Cc4ncco4)cc3)(C(=O)O)CS[C@H]12. The predicted molar refractivity (Wildman–Crippen MR) is 97.9 cm³/mol. The lowest BCUT2D eigenvalue weighted by Gasteiger charge is -2.52. The van der Waals surface area contributed by atoms with E-state index in [2.05, 4.69) is 4.98 Å². The summed E-state index contributed by atoms with van der Waals surface area (Å²) in [7, 11) is 0. The number of β-lactam (4-membered cyclic amide) rings is 1. The van der Waals surface area contributed by atoms with Crippen molar-refractivity contribution in [3.05, 3.63) is 48.2 Å². The lowest BCUT2D eigenvalue weighted by molar-refractivity contribution is -0.148. The molecule has 136 valence electrons. The summed E-state index contributed by atoms with van der Waals surface area (Å²) >= 11 is 2.73. The molecule has 0 saturated carbocycles. The summed E-state index contributed by atoms with van der Waals surface area (Å²) in [6.07, 6.45) is 3.72. The number of carboxylic acid groups (broad SMARTS) is 1. The maximum atomic E-state index is 12.0. The number of aliphatic carboxylic acids is 1. The van der Waals surface area contributed by atoms with Crippen LogP contribution in [-0.4, -0.2) is 55.3 Å². The van der Waals surface area contributed by atoms with Gasteiger partial charge in [-0.25, -0.2) is 4.98 Å². The molecule has 1 aromatic heterocycles. The average Bonchev–Trinajstić information content (AvgIpc) is 3.15. The van der Waals surface area contributed by atoms with Crippen molar-refractivity contribution in [2.75, 3.05) is 12.3 Å². The molecule has 0 aliphatic carbocycles. The first-order chi connectivity index (χ1) is 12.5. The molecule has 2 aliphatic heterocycles. The summed E-state index contributed by atoms with van der Waals surface area (Å²) in [5.41, 5.74) is 6.82. The minimum atomic E-state index is -1.07. The van der Waals surface area contributed by atoms with Gasteiger partial charge in [0.25, 0.3) is 0 Å². The number of carboxylic acids is 1. The molecule has 1 aromatic carbocycles. The van der Waals surface area contributed by atoms with Crippen LogP contribution < -0.4 is 5.73 Å². The molecule has 1 unspecified atom stereocenters. The summed E-state index contributed by atoms with van der Waals surface area (Å²) in [5.74, 6) is -0.0391. The number of hydrogen-bond acceptors (Lipinski definition) is 7. The van der Waals surface area contributed by atoms with Gasteiger partial charge in [0.2, 0.25) is 5.91 Å². The average molecular weight is 391 g/mol. The molecule has 3 heterocycles. The molecule has 2 aliphatic rings. The number of benzene rings is 1. The maximum absolute atomic E-state index is 12.0. The van der Waals surface area contributed by atoms with Gasteiger partial charge in [0.1, 0.15) is 22.4 Å². The lowest BCUT2D eigenvalue weighted by Crippen LogP contribution is -2.73. The van der Waals surface area contributed by atoms with Crippen LogP contribution >= 0.6 is 23.5 Å². The van der Waals surface area contributed by atoms with E-state index in [1.54, 1.807) is 11.1 Å². The lowest BCUT2D eigenvalue weighted by atomic mass is 10.0. The second-order valence-corrected chi connectivity index (χ2v) is 8.90. The zero-order chi connectivity index (χ0) is 18.3. The van der Waals surface area contributed by atoms with Crippen LogP contribution in [0.4, 0.5) is 0 Å². The van der Waals surface area contributed by atoms with Crippen molar-refractivity contribution in [1.29, 1.82) is 0 Å². The molecule has 2 fully saturated rings. The van der Waals surface area contributed by atoms with Gasteiger partial charge in [-0.05, 0) is 17.7 Å². The molecule has 4 rings (SSSR count). The molecule has 0 radical (unpaired) electrons. The van der Waals surface area contributed by atoms with Crippen LogP contribution in [0.2, 0.25) is 0 Å². The summed E-state index contributed by atoms with van der Waals surface area (Å²) in [6.45, 7) is 0.176. The van der Waals surface area contributed by atoms with Crippen LogP contribution in [-0.2, 0) is 16.0 Å². The molecule has 2 saturated heterocycles. The predicted octanol–water partition coefficient (Wildman–Crippen LogP) is 1.42. The zero-order valence-corrected chi connectivity index (χ0v) is 15.3. The number of nitrogens with zero attached hydrogens (tertiary/aromatic N) is 2. The Morgan fingerprint density at radius 1 is 1.46 bits per heavy atom.